The lowest BCUT2D eigenvalue weighted by atomic mass is 10.3. The van der Waals surface area contributed by atoms with E-state index >= 15 is 0 Å². The van der Waals surface area contributed by atoms with Crippen LogP contribution in [0, 0.1) is 13.8 Å². The largest absolute Gasteiger partial charge is 0.265 e. The van der Waals surface area contributed by atoms with Gasteiger partial charge in [0.05, 0.1) is 0 Å². The highest BCUT2D eigenvalue weighted by Crippen LogP contribution is 1.88. The summed E-state index contributed by atoms with van der Waals surface area (Å²) in [6.07, 6.45) is 7.02. The van der Waals surface area contributed by atoms with E-state index in [4.69, 9.17) is 0 Å². The first-order chi connectivity index (χ1) is 9.79. The average molecular weight is 277 g/mol. The smallest absolute Gasteiger partial charge is 0.125 e. The maximum Gasteiger partial charge on any atom is 0.125 e. The fraction of sp³-hybridized carbons (Fsp3) is 0.471. The van der Waals surface area contributed by atoms with E-state index in [1.165, 1.54) is 5.56 Å². The molecule has 0 unspecified atom stereocenters. The van der Waals surface area contributed by atoms with Crippen molar-refractivity contribution < 1.29 is 0 Å². The Hall–Kier alpha value is -1.77. The molecule has 0 bridgehead atoms. The van der Waals surface area contributed by atoms with Crippen LogP contribution in [0.4, 0.5) is 0 Å². The summed E-state index contributed by atoms with van der Waals surface area (Å²) in [4.78, 5) is 11.6. The molecule has 3 heteroatoms. The molecule has 0 aliphatic heterocycles. The van der Waals surface area contributed by atoms with E-state index in [0.29, 0.717) is 0 Å². The van der Waals surface area contributed by atoms with Crippen molar-refractivity contribution in [2.24, 2.45) is 0 Å². The van der Waals surface area contributed by atoms with Crippen molar-refractivity contribution >= 4 is 0 Å². The number of rotatable bonds is 0. The molecule has 2 rings (SSSR count). The summed E-state index contributed by atoms with van der Waals surface area (Å²) >= 11 is 0. The topological polar surface area (TPSA) is 38.7 Å². The molecule has 0 aromatic carbocycles. The Morgan fingerprint density at radius 3 is 1.25 bits per heavy atom. The molecule has 0 fully saturated rings. The van der Waals surface area contributed by atoms with Gasteiger partial charge in [-0.2, -0.15) is 0 Å². The lowest BCUT2D eigenvalue weighted by molar-refractivity contribution is 1.05. The second kappa shape index (κ2) is 22.4. The van der Waals surface area contributed by atoms with Gasteiger partial charge in [0.1, 0.15) is 5.82 Å². The zero-order valence-corrected chi connectivity index (χ0v) is 14.4. The maximum atomic E-state index is 3.87. The molecule has 0 spiro atoms. The molecule has 0 N–H and O–H groups in total. The van der Waals surface area contributed by atoms with Crippen LogP contribution < -0.4 is 0 Å². The number of nitrogens with zero attached hydrogens (tertiary/aromatic N) is 3. The van der Waals surface area contributed by atoms with Crippen LogP contribution in [0.1, 0.15) is 52.9 Å². The first-order valence-electron chi connectivity index (χ1n) is 7.39. The summed E-state index contributed by atoms with van der Waals surface area (Å²) in [7, 11) is 0. The van der Waals surface area contributed by atoms with Gasteiger partial charge in [-0.15, -0.1) is 0 Å². The Morgan fingerprint density at radius 2 is 1.05 bits per heavy atom. The molecule has 20 heavy (non-hydrogen) atoms. The highest BCUT2D eigenvalue weighted by atomic mass is 14.8. The molecule has 0 saturated heterocycles. The number of aromatic nitrogens is 3. The molecule has 0 amide bonds. The van der Waals surface area contributed by atoms with Gasteiger partial charge in [-0.1, -0.05) is 41.5 Å². The molecular weight excluding hydrogens is 246 g/mol. The minimum atomic E-state index is 0.822. The van der Waals surface area contributed by atoms with Gasteiger partial charge in [-0.25, -0.2) is 9.97 Å². The van der Waals surface area contributed by atoms with Gasteiger partial charge in [0.15, 0.2) is 0 Å². The van der Waals surface area contributed by atoms with Gasteiger partial charge < -0.3 is 0 Å². The molecule has 0 aliphatic carbocycles. The van der Waals surface area contributed by atoms with E-state index in [1.807, 2.05) is 67.5 Å². The zero-order valence-electron chi connectivity index (χ0n) is 14.4. The van der Waals surface area contributed by atoms with E-state index in [-0.39, 0.29) is 0 Å². The Bertz CT molecular complexity index is 310. The van der Waals surface area contributed by atoms with Crippen LogP contribution in [0.15, 0.2) is 43.0 Å². The molecule has 0 radical (unpaired) electrons. The molecule has 2 heterocycles. The minimum Gasteiger partial charge on any atom is -0.265 e. The second-order valence-corrected chi connectivity index (χ2v) is 2.82. The van der Waals surface area contributed by atoms with Gasteiger partial charge in [-0.05, 0) is 37.6 Å². The lowest BCUT2D eigenvalue weighted by Gasteiger charge is -1.82. The summed E-state index contributed by atoms with van der Waals surface area (Å²) in [6.45, 7) is 15.9. The minimum absolute atomic E-state index is 0.822. The predicted molar refractivity (Wildman–Crippen MR) is 89.8 cm³/mol. The third-order valence-electron chi connectivity index (χ3n) is 1.54. The van der Waals surface area contributed by atoms with E-state index < -0.39 is 0 Å². The van der Waals surface area contributed by atoms with Crippen molar-refractivity contribution in [1.82, 2.24) is 15.0 Å². The van der Waals surface area contributed by atoms with Crippen LogP contribution in [0.5, 0.6) is 0 Å². The van der Waals surface area contributed by atoms with E-state index in [2.05, 4.69) is 15.0 Å². The molecule has 3 nitrogen and oxygen atoms in total. The zero-order chi connectivity index (χ0) is 16.2. The third kappa shape index (κ3) is 18.6. The summed E-state index contributed by atoms with van der Waals surface area (Å²) in [5.41, 5.74) is 1.26. The van der Waals surface area contributed by atoms with Gasteiger partial charge in [0.2, 0.25) is 0 Å². The Morgan fingerprint density at radius 1 is 0.650 bits per heavy atom. The Balaban J connectivity index is -0.000000211. The van der Waals surface area contributed by atoms with Crippen LogP contribution in [-0.4, -0.2) is 15.0 Å². The normalized spacial score (nSPS) is 7.00. The Kier molecular flexibility index (Phi) is 26.1. The average Bonchev–Trinajstić information content (AvgIpc) is 2.55. The van der Waals surface area contributed by atoms with Crippen LogP contribution in [0.3, 0.4) is 0 Å². The van der Waals surface area contributed by atoms with Crippen molar-refractivity contribution in [1.29, 1.82) is 0 Å². The molecular formula is C17H31N3. The summed E-state index contributed by atoms with van der Waals surface area (Å²) in [5, 5.41) is 0. The third-order valence-corrected chi connectivity index (χ3v) is 1.54. The maximum absolute atomic E-state index is 3.87. The summed E-state index contributed by atoms with van der Waals surface area (Å²) < 4.78 is 0. The number of hydrogen-bond acceptors (Lipinski definition) is 3. The first kappa shape index (κ1) is 23.3. The second-order valence-electron chi connectivity index (χ2n) is 2.82. The Labute approximate surface area is 125 Å². The van der Waals surface area contributed by atoms with E-state index in [0.717, 1.165) is 5.82 Å². The SMILES string of the molecule is CC.CC.CC.Cc1ccncc1.Cc1ncccn1. The summed E-state index contributed by atoms with van der Waals surface area (Å²) in [5.74, 6) is 0.822. The van der Waals surface area contributed by atoms with Crippen LogP contribution in [0.2, 0.25) is 0 Å². The summed E-state index contributed by atoms with van der Waals surface area (Å²) in [6, 6.07) is 5.74. The monoisotopic (exact) mass is 277 g/mol. The van der Waals surface area contributed by atoms with Gasteiger partial charge in [0, 0.05) is 24.8 Å². The molecule has 2 aromatic rings. The van der Waals surface area contributed by atoms with Crippen molar-refractivity contribution in [3.63, 3.8) is 0 Å². The lowest BCUT2D eigenvalue weighted by Crippen LogP contribution is -1.80. The van der Waals surface area contributed by atoms with Gasteiger partial charge in [0.25, 0.3) is 0 Å². The molecule has 0 atom stereocenters. The van der Waals surface area contributed by atoms with Crippen molar-refractivity contribution in [3.05, 3.63) is 54.4 Å². The van der Waals surface area contributed by atoms with Crippen LogP contribution >= 0.6 is 0 Å². The number of aryl methyl sites for hydroxylation is 2. The predicted octanol–water partition coefficient (Wildman–Crippen LogP) is 5.25. The van der Waals surface area contributed by atoms with Crippen molar-refractivity contribution in [3.8, 4) is 0 Å². The van der Waals surface area contributed by atoms with Crippen molar-refractivity contribution in [2.45, 2.75) is 55.4 Å². The van der Waals surface area contributed by atoms with Crippen LogP contribution in [0.25, 0.3) is 0 Å². The number of pyridine rings is 1. The first-order valence-corrected chi connectivity index (χ1v) is 7.39. The molecule has 0 saturated carbocycles. The van der Waals surface area contributed by atoms with E-state index in [9.17, 15) is 0 Å². The molecule has 0 aliphatic rings. The highest BCUT2D eigenvalue weighted by Gasteiger charge is 1.74. The quantitative estimate of drug-likeness (QED) is 0.660. The van der Waals surface area contributed by atoms with E-state index in [1.54, 1.807) is 30.9 Å². The fourth-order valence-electron chi connectivity index (χ4n) is 0.800. The van der Waals surface area contributed by atoms with Crippen LogP contribution in [-0.2, 0) is 0 Å². The number of hydrogen-bond donors (Lipinski definition) is 0. The van der Waals surface area contributed by atoms with Crippen molar-refractivity contribution in [2.75, 3.05) is 0 Å². The standard InChI is InChI=1S/C6H7N.C5H6N2.3C2H6/c1-6-2-4-7-5-3-6;1-5-6-3-2-4-7-5;3*1-2/h2-5H,1H3;2-4H,1H3;3*1-2H3. The molecule has 114 valence electrons. The van der Waals surface area contributed by atoms with Gasteiger partial charge in [-0.3, -0.25) is 4.98 Å². The fourth-order valence-corrected chi connectivity index (χ4v) is 0.800. The van der Waals surface area contributed by atoms with Gasteiger partial charge >= 0.3 is 0 Å². The highest BCUT2D eigenvalue weighted by molar-refractivity contribution is 5.05. The molecule has 2 aromatic heterocycles.